The maximum atomic E-state index is 12.7. The Kier molecular flexibility index (Phi) is 7.52. The van der Waals surface area contributed by atoms with Crippen molar-refractivity contribution in [3.63, 3.8) is 0 Å². The van der Waals surface area contributed by atoms with Crippen LogP contribution < -0.4 is 5.73 Å². The monoisotopic (exact) mass is 288 g/mol. The van der Waals surface area contributed by atoms with E-state index in [0.29, 0.717) is 24.2 Å². The number of aliphatic hydroxyl groups excluding tert-OH is 1. The second-order valence-electron chi connectivity index (χ2n) is 4.92. The third-order valence-corrected chi connectivity index (χ3v) is 3.17. The first-order chi connectivity index (χ1) is 10.1. The van der Waals surface area contributed by atoms with Gasteiger partial charge in [0.05, 0.1) is 18.7 Å². The molecule has 0 aliphatic carbocycles. The molecular formula is C17H24N2O2. The molecule has 4 heteroatoms. The summed E-state index contributed by atoms with van der Waals surface area (Å²) >= 11 is 0. The van der Waals surface area contributed by atoms with Crippen molar-refractivity contribution in [3.05, 3.63) is 34.9 Å². The lowest BCUT2D eigenvalue weighted by atomic mass is 10.0. The Labute approximate surface area is 127 Å². The lowest BCUT2D eigenvalue weighted by molar-refractivity contribution is 0.0719. The molecule has 0 fully saturated rings. The molecule has 0 saturated heterocycles. The fraction of sp³-hybridized carbons (Fsp3) is 0.471. The molecule has 1 amide bonds. The normalized spacial score (nSPS) is 9.90. The average molecular weight is 288 g/mol. The van der Waals surface area contributed by atoms with E-state index in [-0.39, 0.29) is 19.1 Å². The summed E-state index contributed by atoms with van der Waals surface area (Å²) in [6, 6.07) is 5.63. The average Bonchev–Trinajstić information content (AvgIpc) is 2.49. The number of amides is 1. The molecule has 1 aromatic rings. The van der Waals surface area contributed by atoms with Crippen LogP contribution in [0.15, 0.2) is 18.2 Å². The fourth-order valence-electron chi connectivity index (χ4n) is 2.05. The number of rotatable bonds is 6. The third-order valence-electron chi connectivity index (χ3n) is 3.17. The van der Waals surface area contributed by atoms with Gasteiger partial charge in [-0.2, -0.15) is 0 Å². The predicted octanol–water partition coefficient (Wildman–Crippen LogP) is 1.54. The zero-order valence-corrected chi connectivity index (χ0v) is 12.9. The van der Waals surface area contributed by atoms with Gasteiger partial charge in [-0.25, -0.2) is 0 Å². The largest absolute Gasteiger partial charge is 0.395 e. The van der Waals surface area contributed by atoms with Crippen LogP contribution in [0.2, 0.25) is 0 Å². The molecule has 0 bridgehead atoms. The molecule has 0 saturated carbocycles. The van der Waals surface area contributed by atoms with Crippen LogP contribution >= 0.6 is 0 Å². The number of carbonyl (C=O) groups is 1. The molecule has 0 unspecified atom stereocenters. The van der Waals surface area contributed by atoms with E-state index in [1.807, 2.05) is 25.1 Å². The van der Waals surface area contributed by atoms with Crippen molar-refractivity contribution in [2.45, 2.75) is 26.7 Å². The molecule has 0 spiro atoms. The van der Waals surface area contributed by atoms with E-state index in [4.69, 9.17) is 10.8 Å². The zero-order valence-electron chi connectivity index (χ0n) is 12.9. The van der Waals surface area contributed by atoms with Gasteiger partial charge < -0.3 is 15.7 Å². The number of aryl methyl sites for hydroxylation is 1. The number of aliphatic hydroxyl groups is 1. The Morgan fingerprint density at radius 1 is 1.38 bits per heavy atom. The first-order valence-electron chi connectivity index (χ1n) is 7.33. The van der Waals surface area contributed by atoms with E-state index in [0.717, 1.165) is 18.4 Å². The number of nitrogens with two attached hydrogens (primary N) is 1. The first kappa shape index (κ1) is 17.2. The summed E-state index contributed by atoms with van der Waals surface area (Å²) in [4.78, 5) is 14.4. The van der Waals surface area contributed by atoms with Crippen molar-refractivity contribution >= 4 is 5.91 Å². The van der Waals surface area contributed by atoms with E-state index in [1.165, 1.54) is 0 Å². The number of unbranched alkanes of at least 4 members (excludes halogenated alkanes) is 1. The highest BCUT2D eigenvalue weighted by molar-refractivity contribution is 5.97. The van der Waals surface area contributed by atoms with Gasteiger partial charge in [-0.1, -0.05) is 36.8 Å². The number of hydrogen-bond acceptors (Lipinski definition) is 3. The molecule has 114 valence electrons. The highest BCUT2D eigenvalue weighted by Crippen LogP contribution is 2.14. The minimum atomic E-state index is -0.0810. The summed E-state index contributed by atoms with van der Waals surface area (Å²) in [6.07, 6.45) is 1.92. The molecule has 4 nitrogen and oxygen atoms in total. The summed E-state index contributed by atoms with van der Waals surface area (Å²) in [5.74, 6) is 5.66. The van der Waals surface area contributed by atoms with Gasteiger partial charge in [0.2, 0.25) is 0 Å². The van der Waals surface area contributed by atoms with Crippen LogP contribution in [-0.4, -0.2) is 42.2 Å². The van der Waals surface area contributed by atoms with Gasteiger partial charge in [-0.3, -0.25) is 4.79 Å². The third kappa shape index (κ3) is 5.22. The van der Waals surface area contributed by atoms with Crippen molar-refractivity contribution in [2.24, 2.45) is 5.73 Å². The van der Waals surface area contributed by atoms with Gasteiger partial charge >= 0.3 is 0 Å². The Morgan fingerprint density at radius 2 is 2.14 bits per heavy atom. The van der Waals surface area contributed by atoms with Crippen molar-refractivity contribution in [3.8, 4) is 11.8 Å². The second kappa shape index (κ2) is 9.17. The standard InChI is InChI=1S/C17H24N2O2/c1-3-4-10-19(11-12-20)17(21)16-13-14(2)7-8-15(16)6-5-9-18/h7-8,13,20H,3-4,9-12,18H2,1-2H3. The quantitative estimate of drug-likeness (QED) is 0.780. The molecule has 0 radical (unpaired) electrons. The number of carbonyl (C=O) groups excluding carboxylic acids is 1. The summed E-state index contributed by atoms with van der Waals surface area (Å²) in [6.45, 7) is 5.23. The SMILES string of the molecule is CCCCN(CCO)C(=O)c1cc(C)ccc1C#CCN. The van der Waals surface area contributed by atoms with E-state index in [9.17, 15) is 4.79 Å². The maximum Gasteiger partial charge on any atom is 0.255 e. The van der Waals surface area contributed by atoms with Crippen LogP contribution in [0.1, 0.15) is 41.3 Å². The molecule has 0 heterocycles. The van der Waals surface area contributed by atoms with Crippen LogP contribution in [0.5, 0.6) is 0 Å². The summed E-state index contributed by atoms with van der Waals surface area (Å²) < 4.78 is 0. The smallest absolute Gasteiger partial charge is 0.255 e. The lowest BCUT2D eigenvalue weighted by Crippen LogP contribution is -2.35. The van der Waals surface area contributed by atoms with Crippen LogP contribution in [0.4, 0.5) is 0 Å². The summed E-state index contributed by atoms with van der Waals surface area (Å²) in [5, 5.41) is 9.16. The van der Waals surface area contributed by atoms with Gasteiger partial charge in [0.25, 0.3) is 5.91 Å². The minimum Gasteiger partial charge on any atom is -0.395 e. The highest BCUT2D eigenvalue weighted by atomic mass is 16.3. The van der Waals surface area contributed by atoms with Crippen molar-refractivity contribution < 1.29 is 9.90 Å². The van der Waals surface area contributed by atoms with Gasteiger partial charge in [0.15, 0.2) is 0 Å². The second-order valence-corrected chi connectivity index (χ2v) is 4.92. The van der Waals surface area contributed by atoms with Crippen LogP contribution in [-0.2, 0) is 0 Å². The molecule has 3 N–H and O–H groups in total. The van der Waals surface area contributed by atoms with Gasteiger partial charge in [-0.15, -0.1) is 0 Å². The molecule has 1 rings (SSSR count). The molecule has 0 atom stereocenters. The first-order valence-corrected chi connectivity index (χ1v) is 7.33. The van der Waals surface area contributed by atoms with E-state index in [2.05, 4.69) is 18.8 Å². The summed E-state index contributed by atoms with van der Waals surface area (Å²) in [7, 11) is 0. The molecule has 0 aromatic heterocycles. The molecule has 1 aromatic carbocycles. The topological polar surface area (TPSA) is 66.6 Å². The van der Waals surface area contributed by atoms with Crippen LogP contribution in [0.25, 0.3) is 0 Å². The lowest BCUT2D eigenvalue weighted by Gasteiger charge is -2.22. The van der Waals surface area contributed by atoms with E-state index >= 15 is 0 Å². The predicted molar refractivity (Wildman–Crippen MR) is 85.0 cm³/mol. The molecule has 0 aliphatic rings. The Hall–Kier alpha value is -1.83. The van der Waals surface area contributed by atoms with E-state index < -0.39 is 0 Å². The summed E-state index contributed by atoms with van der Waals surface area (Å²) in [5.41, 5.74) is 7.69. The molecule has 21 heavy (non-hydrogen) atoms. The molecular weight excluding hydrogens is 264 g/mol. The Bertz CT molecular complexity index is 529. The zero-order chi connectivity index (χ0) is 15.7. The minimum absolute atomic E-state index is 0.0366. The Balaban J connectivity index is 3.09. The van der Waals surface area contributed by atoms with E-state index in [1.54, 1.807) is 4.90 Å². The number of nitrogens with zero attached hydrogens (tertiary/aromatic N) is 1. The Morgan fingerprint density at radius 3 is 2.76 bits per heavy atom. The maximum absolute atomic E-state index is 12.7. The van der Waals surface area contributed by atoms with Crippen molar-refractivity contribution in [1.82, 2.24) is 4.90 Å². The molecule has 0 aliphatic heterocycles. The number of benzene rings is 1. The number of hydrogen-bond donors (Lipinski definition) is 2. The fourth-order valence-corrected chi connectivity index (χ4v) is 2.05. The van der Waals surface area contributed by atoms with Crippen molar-refractivity contribution in [1.29, 1.82) is 0 Å². The van der Waals surface area contributed by atoms with Gasteiger partial charge in [0.1, 0.15) is 0 Å². The highest BCUT2D eigenvalue weighted by Gasteiger charge is 2.17. The van der Waals surface area contributed by atoms with Crippen molar-refractivity contribution in [2.75, 3.05) is 26.2 Å². The van der Waals surface area contributed by atoms with Gasteiger partial charge in [0, 0.05) is 18.7 Å². The van der Waals surface area contributed by atoms with Crippen LogP contribution in [0.3, 0.4) is 0 Å². The van der Waals surface area contributed by atoms with Gasteiger partial charge in [-0.05, 0) is 25.5 Å². The van der Waals surface area contributed by atoms with Crippen LogP contribution in [0, 0.1) is 18.8 Å².